The Labute approximate surface area is 375 Å². The topological polar surface area (TPSA) is 167 Å². The molecule has 5 rings (SSSR count). The molecule has 3 heterocycles. The first-order chi connectivity index (χ1) is 29.9. The van der Waals surface area contributed by atoms with Crippen molar-refractivity contribution in [1.82, 2.24) is 4.90 Å². The van der Waals surface area contributed by atoms with E-state index in [9.17, 15) is 29.4 Å². The van der Waals surface area contributed by atoms with E-state index < -0.39 is 77.8 Å². The van der Waals surface area contributed by atoms with Crippen LogP contribution >= 0.6 is 0 Å². The Hall–Kier alpha value is -3.46. The maximum atomic E-state index is 14.5. The highest BCUT2D eigenvalue weighted by Gasteiger charge is 2.56. The molecule has 3 fully saturated rings. The summed E-state index contributed by atoms with van der Waals surface area (Å²) in [6, 6.07) is 6.81. The van der Waals surface area contributed by atoms with Crippen molar-refractivity contribution in [3.05, 3.63) is 53.1 Å². The zero-order chi connectivity index (χ0) is 46.2. The molecule has 1 aliphatic carbocycles. The van der Waals surface area contributed by atoms with Crippen LogP contribution in [0.2, 0.25) is 0 Å². The first-order valence-electron chi connectivity index (χ1n) is 23.3. The van der Waals surface area contributed by atoms with Crippen LogP contribution in [0.3, 0.4) is 0 Å². The molecule has 1 aromatic rings. The number of Topliss-reactive ketones (excluding diaryl/α,β-unsaturated/α-hetero) is 2. The number of aryl methyl sites for hydroxylation is 1. The van der Waals surface area contributed by atoms with Gasteiger partial charge in [-0.25, -0.2) is 4.79 Å². The molecular formula is C50H75NO12. The Morgan fingerprint density at radius 2 is 1.54 bits per heavy atom. The maximum Gasteiger partial charge on any atom is 0.329 e. The van der Waals surface area contributed by atoms with Gasteiger partial charge in [0.25, 0.3) is 11.7 Å². The molecule has 0 unspecified atom stereocenters. The molecule has 14 atom stereocenters. The van der Waals surface area contributed by atoms with Gasteiger partial charge in [0.2, 0.25) is 5.79 Å². The van der Waals surface area contributed by atoms with Crippen LogP contribution in [-0.2, 0) is 42.9 Å². The number of nitrogens with zero attached hydrogens (tertiary/aromatic N) is 1. The fourth-order valence-corrected chi connectivity index (χ4v) is 10.3. The van der Waals surface area contributed by atoms with E-state index in [0.29, 0.717) is 44.1 Å². The lowest BCUT2D eigenvalue weighted by molar-refractivity contribution is -0.302. The molecule has 63 heavy (non-hydrogen) atoms. The number of aliphatic hydroxyl groups excluding tert-OH is 1. The number of carbonyl (C=O) groups is 4. The van der Waals surface area contributed by atoms with Gasteiger partial charge in [-0.3, -0.25) is 14.4 Å². The van der Waals surface area contributed by atoms with Crippen LogP contribution in [0.15, 0.2) is 47.6 Å². The van der Waals surface area contributed by atoms with E-state index in [1.54, 1.807) is 21.0 Å². The SMILES string of the molecule is CC[C@@H]1/C=C(\C)C[C@H](C)C[C@H](OC)[C@H]2O[C@@](O)(C(=O)C(=O)N3CCCC[C@H]3C(=O)O[C@H](/C(C)=C/[C@@H]3CC[C@@H](Oc4ccc(C)cc4)[C@H](OC)C3)[C@H](C)[C@@H](O)CC1=O)[C@H](C)C[C@@H]2OC. The number of rotatable bonds is 8. The molecule has 0 spiro atoms. The van der Waals surface area contributed by atoms with Crippen molar-refractivity contribution in [2.75, 3.05) is 27.9 Å². The summed E-state index contributed by atoms with van der Waals surface area (Å²) in [5.41, 5.74) is 2.84. The molecule has 13 nitrogen and oxygen atoms in total. The summed E-state index contributed by atoms with van der Waals surface area (Å²) in [4.78, 5) is 58.3. The van der Waals surface area contributed by atoms with Crippen molar-refractivity contribution < 1.29 is 57.8 Å². The molecular weight excluding hydrogens is 807 g/mol. The number of amides is 1. The van der Waals surface area contributed by atoms with E-state index >= 15 is 0 Å². The highest BCUT2D eigenvalue weighted by Crippen LogP contribution is 2.39. The van der Waals surface area contributed by atoms with Gasteiger partial charge < -0.3 is 43.5 Å². The minimum Gasteiger partial charge on any atom is -0.488 e. The van der Waals surface area contributed by atoms with Crippen molar-refractivity contribution in [2.45, 2.75) is 174 Å². The Morgan fingerprint density at radius 3 is 2.19 bits per heavy atom. The van der Waals surface area contributed by atoms with Crippen LogP contribution in [0.4, 0.5) is 0 Å². The number of carbonyl (C=O) groups excluding carboxylic acids is 4. The van der Waals surface area contributed by atoms with Crippen molar-refractivity contribution in [2.24, 2.45) is 29.6 Å². The lowest BCUT2D eigenvalue weighted by Crippen LogP contribution is -2.64. The molecule has 0 radical (unpaired) electrons. The smallest absolute Gasteiger partial charge is 0.329 e. The standard InChI is InChI=1S/C50H75NO12/c1-11-36-23-30(3)22-31(4)24-43(59-9)46-44(60-10)26-33(6)50(57,63-46)47(54)48(55)51-21-13-12-14-38(51)49(56)62-45(34(7)39(52)28-40(36)53)32(5)25-35-17-20-41(42(27-35)58-8)61-37-18-15-29(2)16-19-37/h15-16,18-19,23,25,31,33-36,38-39,41-46,52,57H,11-14,17,20-22,24,26-28H2,1-10H3/b30-23+,32-25+/t31-,33+,34+,35-,36+,38-,39-,41+,42+,43-,44-,45+,46+,50+/m0/s1. The van der Waals surface area contributed by atoms with Gasteiger partial charge in [0.05, 0.1) is 24.4 Å². The summed E-state index contributed by atoms with van der Waals surface area (Å²) in [7, 11) is 4.76. The summed E-state index contributed by atoms with van der Waals surface area (Å²) in [5, 5.41) is 23.9. The number of ketones is 2. The fraction of sp³-hybridized carbons (Fsp3) is 0.720. The van der Waals surface area contributed by atoms with Gasteiger partial charge in [-0.1, -0.05) is 63.1 Å². The number of hydrogen-bond donors (Lipinski definition) is 2. The number of allylic oxidation sites excluding steroid dienone is 3. The summed E-state index contributed by atoms with van der Waals surface area (Å²) >= 11 is 0. The molecule has 1 saturated carbocycles. The average Bonchev–Trinajstić information content (AvgIpc) is 3.27. The lowest BCUT2D eigenvalue weighted by Gasteiger charge is -2.47. The minimum absolute atomic E-state index is 0.0328. The molecule has 352 valence electrons. The summed E-state index contributed by atoms with van der Waals surface area (Å²) in [6.45, 7) is 13.4. The van der Waals surface area contributed by atoms with E-state index in [1.807, 2.05) is 58.0 Å². The van der Waals surface area contributed by atoms with Crippen LogP contribution in [0.5, 0.6) is 5.75 Å². The van der Waals surface area contributed by atoms with Gasteiger partial charge >= 0.3 is 5.97 Å². The zero-order valence-electron chi connectivity index (χ0n) is 39.4. The lowest BCUT2D eigenvalue weighted by atomic mass is 9.81. The van der Waals surface area contributed by atoms with Gasteiger partial charge in [-0.15, -0.1) is 0 Å². The van der Waals surface area contributed by atoms with E-state index in [4.69, 9.17) is 28.4 Å². The monoisotopic (exact) mass is 882 g/mol. The maximum absolute atomic E-state index is 14.5. The summed E-state index contributed by atoms with van der Waals surface area (Å²) in [5.74, 6) is -6.65. The Balaban J connectivity index is 1.48. The molecule has 2 bridgehead atoms. The highest BCUT2D eigenvalue weighted by atomic mass is 16.7. The van der Waals surface area contributed by atoms with Crippen molar-refractivity contribution >= 4 is 23.4 Å². The van der Waals surface area contributed by atoms with Gasteiger partial charge in [-0.05, 0) is 115 Å². The molecule has 2 N–H and O–H groups in total. The third kappa shape index (κ3) is 12.3. The Bertz CT molecular complexity index is 1780. The van der Waals surface area contributed by atoms with Crippen molar-refractivity contribution in [1.29, 1.82) is 0 Å². The molecule has 1 aromatic carbocycles. The first-order valence-corrected chi connectivity index (χ1v) is 23.3. The normalized spacial score (nSPS) is 38.2. The zero-order valence-corrected chi connectivity index (χ0v) is 39.4. The second-order valence-corrected chi connectivity index (χ2v) is 19.1. The number of esters is 1. The van der Waals surface area contributed by atoms with Crippen LogP contribution in [0.25, 0.3) is 0 Å². The number of methoxy groups -OCH3 is 3. The predicted octanol–water partition coefficient (Wildman–Crippen LogP) is 6.87. The third-order valence-corrected chi connectivity index (χ3v) is 14.2. The van der Waals surface area contributed by atoms with Crippen molar-refractivity contribution in [3.8, 4) is 5.75 Å². The molecule has 1 amide bonds. The summed E-state index contributed by atoms with van der Waals surface area (Å²) in [6.07, 6.45) is 4.79. The number of fused-ring (bicyclic) bond motifs is 3. The Morgan fingerprint density at radius 1 is 0.873 bits per heavy atom. The van der Waals surface area contributed by atoms with Crippen LogP contribution < -0.4 is 4.74 Å². The number of cyclic esters (lactones) is 1. The predicted molar refractivity (Wildman–Crippen MR) is 238 cm³/mol. The fourth-order valence-electron chi connectivity index (χ4n) is 10.3. The molecule has 0 aromatic heterocycles. The number of hydrogen-bond acceptors (Lipinski definition) is 12. The van der Waals surface area contributed by atoms with Crippen LogP contribution in [0.1, 0.15) is 118 Å². The quantitative estimate of drug-likeness (QED) is 0.158. The Kier molecular flexibility index (Phi) is 18.2. The number of piperidine rings is 1. The number of ether oxygens (including phenoxy) is 6. The van der Waals surface area contributed by atoms with Crippen LogP contribution in [-0.4, -0.2) is 121 Å². The molecule has 2 saturated heterocycles. The van der Waals surface area contributed by atoms with Gasteiger partial charge in [0.1, 0.15) is 35.9 Å². The van der Waals surface area contributed by atoms with E-state index in [1.165, 1.54) is 19.1 Å². The van der Waals surface area contributed by atoms with Gasteiger partial charge in [-0.2, -0.15) is 0 Å². The first kappa shape index (κ1) is 50.5. The third-order valence-electron chi connectivity index (χ3n) is 14.2. The van der Waals surface area contributed by atoms with Crippen molar-refractivity contribution in [3.63, 3.8) is 0 Å². The number of aliphatic hydroxyl groups is 2. The summed E-state index contributed by atoms with van der Waals surface area (Å²) < 4.78 is 36.7. The van der Waals surface area contributed by atoms with Gasteiger partial charge in [0.15, 0.2) is 0 Å². The second-order valence-electron chi connectivity index (χ2n) is 19.1. The molecule has 4 aliphatic rings. The number of benzene rings is 1. The largest absolute Gasteiger partial charge is 0.488 e. The minimum atomic E-state index is -2.50. The van der Waals surface area contributed by atoms with Gasteiger partial charge in [0, 0.05) is 52.0 Å². The van der Waals surface area contributed by atoms with E-state index in [0.717, 1.165) is 29.7 Å². The average molecular weight is 882 g/mol. The molecule has 13 heteroatoms. The highest BCUT2D eigenvalue weighted by molar-refractivity contribution is 6.39. The molecule has 3 aliphatic heterocycles. The second kappa shape index (κ2) is 22.6. The van der Waals surface area contributed by atoms with E-state index in [2.05, 4.69) is 13.0 Å². The van der Waals surface area contributed by atoms with Crippen LogP contribution in [0, 0.1) is 36.5 Å². The van der Waals surface area contributed by atoms with E-state index in [-0.39, 0.29) is 55.6 Å².